The summed E-state index contributed by atoms with van der Waals surface area (Å²) < 4.78 is 11.1. The number of carbonyl (C=O) groups is 2. The van der Waals surface area contributed by atoms with E-state index in [4.69, 9.17) is 9.47 Å². The summed E-state index contributed by atoms with van der Waals surface area (Å²) in [6, 6.07) is 16.2. The van der Waals surface area contributed by atoms with Crippen molar-refractivity contribution in [3.05, 3.63) is 95.1 Å². The first-order valence-electron chi connectivity index (χ1n) is 12.3. The van der Waals surface area contributed by atoms with E-state index in [0.717, 1.165) is 12.1 Å². The SMILES string of the molecule is O=C1Oc2cc(O)cc(O)c2[C@@H](c2ccc(O)cc2)C1[C@H]1C(=O)Oc2cc(O)cc(O)c2[C@H]1c1ccc(O)cc1. The number of carbonyl (C=O) groups excluding carboxylic acids is 2. The lowest BCUT2D eigenvalue weighted by atomic mass is 9.65. The summed E-state index contributed by atoms with van der Waals surface area (Å²) in [5, 5.41) is 61.8. The van der Waals surface area contributed by atoms with E-state index in [9.17, 15) is 40.2 Å². The van der Waals surface area contributed by atoms with Gasteiger partial charge >= 0.3 is 11.9 Å². The van der Waals surface area contributed by atoms with Gasteiger partial charge < -0.3 is 40.1 Å². The highest BCUT2D eigenvalue weighted by atomic mass is 16.5. The van der Waals surface area contributed by atoms with Crippen LogP contribution in [0.1, 0.15) is 34.1 Å². The molecule has 4 aromatic carbocycles. The van der Waals surface area contributed by atoms with Gasteiger partial charge in [0.05, 0.1) is 11.8 Å². The van der Waals surface area contributed by atoms with Crippen LogP contribution < -0.4 is 9.47 Å². The Labute approximate surface area is 226 Å². The van der Waals surface area contributed by atoms with Crippen LogP contribution in [0.3, 0.4) is 0 Å². The van der Waals surface area contributed by atoms with Crippen LogP contribution in [0.4, 0.5) is 0 Å². The summed E-state index contributed by atoms with van der Waals surface area (Å²) in [6.45, 7) is 0. The second kappa shape index (κ2) is 9.12. The predicted octanol–water partition coefficient (Wildman–Crippen LogP) is 3.95. The third kappa shape index (κ3) is 3.97. The normalized spacial score (nSPS) is 21.6. The Morgan fingerprint density at radius 2 is 0.825 bits per heavy atom. The van der Waals surface area contributed by atoms with Crippen LogP contribution in [0.25, 0.3) is 0 Å². The Morgan fingerprint density at radius 3 is 1.18 bits per heavy atom. The fourth-order valence-corrected chi connectivity index (χ4v) is 5.79. The number of aromatic hydroxyl groups is 6. The average molecular weight is 542 g/mol. The van der Waals surface area contributed by atoms with Gasteiger partial charge in [0.25, 0.3) is 0 Å². The number of phenolic OH excluding ortho intramolecular Hbond substituents is 6. The molecule has 0 spiro atoms. The second-order valence-corrected chi connectivity index (χ2v) is 9.79. The minimum atomic E-state index is -1.33. The van der Waals surface area contributed by atoms with Crippen molar-refractivity contribution >= 4 is 11.9 Å². The molecule has 10 nitrogen and oxygen atoms in total. The van der Waals surface area contributed by atoms with Gasteiger partial charge in [-0.15, -0.1) is 0 Å². The number of rotatable bonds is 3. The summed E-state index contributed by atoms with van der Waals surface area (Å²) in [5.41, 5.74) is 1.15. The topological polar surface area (TPSA) is 174 Å². The van der Waals surface area contributed by atoms with Crippen molar-refractivity contribution in [1.29, 1.82) is 0 Å². The largest absolute Gasteiger partial charge is 0.508 e. The lowest BCUT2D eigenvalue weighted by molar-refractivity contribution is -0.154. The number of hydrogen-bond donors (Lipinski definition) is 6. The van der Waals surface area contributed by atoms with Crippen LogP contribution in [0, 0.1) is 11.8 Å². The number of benzene rings is 4. The second-order valence-electron chi connectivity index (χ2n) is 9.79. The monoisotopic (exact) mass is 542 g/mol. The maximum Gasteiger partial charge on any atom is 0.316 e. The first-order valence-corrected chi connectivity index (χ1v) is 12.3. The van der Waals surface area contributed by atoms with Gasteiger partial charge in [-0.1, -0.05) is 24.3 Å². The van der Waals surface area contributed by atoms with Crippen LogP contribution >= 0.6 is 0 Å². The molecule has 4 aromatic rings. The fraction of sp³-hybridized carbons (Fsp3) is 0.133. The standard InChI is InChI=1S/C30H22O10/c31-15-5-1-13(2-6-15)23-25-19(35)9-17(33)11-21(25)39-29(37)27(23)28-24(14-3-7-16(32)8-4-14)26-20(36)10-18(34)12-22(26)40-30(28)38/h1-12,23-24,27-28,31-36H/t23-,24-,27+,28?/m1/s1. The molecule has 0 fully saturated rings. The van der Waals surface area contributed by atoms with Gasteiger partial charge in [-0.05, 0) is 35.4 Å². The van der Waals surface area contributed by atoms with Gasteiger partial charge in [0, 0.05) is 47.2 Å². The first kappa shape index (κ1) is 24.9. The Hall–Kier alpha value is -5.38. The van der Waals surface area contributed by atoms with Crippen molar-refractivity contribution in [3.8, 4) is 46.0 Å². The van der Waals surface area contributed by atoms with Gasteiger partial charge in [0.1, 0.15) is 46.0 Å². The van der Waals surface area contributed by atoms with Crippen LogP contribution in [0.5, 0.6) is 46.0 Å². The van der Waals surface area contributed by atoms with Gasteiger partial charge in [0.2, 0.25) is 0 Å². The average Bonchev–Trinajstić information content (AvgIpc) is 2.88. The molecule has 0 aromatic heterocycles. The summed E-state index contributed by atoms with van der Waals surface area (Å²) in [6.07, 6.45) is 0. The molecule has 2 heterocycles. The maximum atomic E-state index is 13.8. The third-order valence-electron chi connectivity index (χ3n) is 7.41. The number of hydrogen-bond acceptors (Lipinski definition) is 10. The summed E-state index contributed by atoms with van der Waals surface area (Å²) in [5.74, 6) is -8.18. The Kier molecular flexibility index (Phi) is 5.69. The van der Waals surface area contributed by atoms with Gasteiger partial charge in [0.15, 0.2) is 0 Å². The Morgan fingerprint density at radius 1 is 0.475 bits per heavy atom. The zero-order chi connectivity index (χ0) is 28.3. The van der Waals surface area contributed by atoms with E-state index >= 15 is 0 Å². The lowest BCUT2D eigenvalue weighted by Gasteiger charge is -2.41. The van der Waals surface area contributed by atoms with E-state index < -0.39 is 35.6 Å². The Bertz CT molecular complexity index is 1530. The lowest BCUT2D eigenvalue weighted by Crippen LogP contribution is -2.46. The molecule has 1 unspecified atom stereocenters. The van der Waals surface area contributed by atoms with Crippen LogP contribution in [0.2, 0.25) is 0 Å². The van der Waals surface area contributed by atoms with E-state index in [1.54, 1.807) is 0 Å². The molecule has 6 N–H and O–H groups in total. The fourth-order valence-electron chi connectivity index (χ4n) is 5.79. The molecular weight excluding hydrogens is 520 g/mol. The van der Waals surface area contributed by atoms with Gasteiger partial charge in [-0.3, -0.25) is 9.59 Å². The molecule has 2 aliphatic rings. The zero-order valence-electron chi connectivity index (χ0n) is 20.6. The molecule has 0 radical (unpaired) electrons. The van der Waals surface area contributed by atoms with Crippen LogP contribution in [-0.4, -0.2) is 42.6 Å². The maximum absolute atomic E-state index is 13.8. The van der Waals surface area contributed by atoms with Crippen molar-refractivity contribution in [3.63, 3.8) is 0 Å². The van der Waals surface area contributed by atoms with E-state index in [2.05, 4.69) is 0 Å². The van der Waals surface area contributed by atoms with Crippen molar-refractivity contribution in [2.75, 3.05) is 0 Å². The van der Waals surface area contributed by atoms with Crippen LogP contribution in [-0.2, 0) is 9.59 Å². The smallest absolute Gasteiger partial charge is 0.316 e. The molecular formula is C30H22O10. The van der Waals surface area contributed by atoms with Crippen molar-refractivity contribution in [2.45, 2.75) is 11.8 Å². The number of esters is 2. The third-order valence-corrected chi connectivity index (χ3v) is 7.41. The minimum Gasteiger partial charge on any atom is -0.508 e. The molecule has 6 rings (SSSR count). The highest BCUT2D eigenvalue weighted by Gasteiger charge is 2.54. The van der Waals surface area contributed by atoms with Crippen molar-refractivity contribution < 1.29 is 49.7 Å². The highest BCUT2D eigenvalue weighted by Crippen LogP contribution is 2.57. The molecule has 0 amide bonds. The molecule has 0 aliphatic carbocycles. The molecule has 40 heavy (non-hydrogen) atoms. The summed E-state index contributed by atoms with van der Waals surface area (Å²) in [4.78, 5) is 27.5. The first-order chi connectivity index (χ1) is 19.1. The number of fused-ring (bicyclic) bond motifs is 2. The Balaban J connectivity index is 1.62. The van der Waals surface area contributed by atoms with Gasteiger partial charge in [-0.25, -0.2) is 0 Å². The minimum absolute atomic E-state index is 0.0495. The number of phenols is 6. The predicted molar refractivity (Wildman–Crippen MR) is 138 cm³/mol. The molecule has 4 atom stereocenters. The molecule has 0 saturated carbocycles. The number of ether oxygens (including phenoxy) is 2. The zero-order valence-corrected chi connectivity index (χ0v) is 20.6. The highest BCUT2D eigenvalue weighted by molar-refractivity contribution is 5.91. The van der Waals surface area contributed by atoms with Crippen molar-refractivity contribution in [2.24, 2.45) is 11.8 Å². The summed E-state index contributed by atoms with van der Waals surface area (Å²) >= 11 is 0. The molecule has 202 valence electrons. The van der Waals surface area contributed by atoms with Gasteiger partial charge in [-0.2, -0.15) is 0 Å². The van der Waals surface area contributed by atoms with E-state index in [0.29, 0.717) is 11.1 Å². The molecule has 0 saturated heterocycles. The molecule has 2 aliphatic heterocycles. The van der Waals surface area contributed by atoms with Crippen molar-refractivity contribution in [1.82, 2.24) is 0 Å². The van der Waals surface area contributed by atoms with E-state index in [1.807, 2.05) is 0 Å². The quantitative estimate of drug-likeness (QED) is 0.164. The van der Waals surface area contributed by atoms with Crippen LogP contribution in [0.15, 0.2) is 72.8 Å². The summed E-state index contributed by atoms with van der Waals surface area (Å²) in [7, 11) is 0. The molecule has 10 heteroatoms. The molecule has 0 bridgehead atoms. The van der Waals surface area contributed by atoms with E-state index in [1.165, 1.54) is 60.7 Å². The van der Waals surface area contributed by atoms with E-state index in [-0.39, 0.29) is 57.1 Å².